The van der Waals surface area contributed by atoms with Gasteiger partial charge in [-0.1, -0.05) is 24.3 Å². The quantitative estimate of drug-likeness (QED) is 0.691. The number of pyridine rings is 1. The van der Waals surface area contributed by atoms with E-state index < -0.39 is 5.97 Å². The number of anilines is 2. The Hall–Kier alpha value is -3.22. The molecular weight excluding hydrogens is 320 g/mol. The summed E-state index contributed by atoms with van der Waals surface area (Å²) in [5, 5.41) is 5.22. The van der Waals surface area contributed by atoms with Gasteiger partial charge in [0.25, 0.3) is 0 Å². The molecule has 0 unspecified atom stereocenters. The van der Waals surface area contributed by atoms with Crippen molar-refractivity contribution in [2.75, 3.05) is 18.5 Å². The minimum Gasteiger partial charge on any atom is -0.464 e. The van der Waals surface area contributed by atoms with E-state index in [1.807, 2.05) is 30.3 Å². The number of fused-ring (bicyclic) bond motifs is 1. The van der Waals surface area contributed by atoms with Crippen LogP contribution in [-0.4, -0.2) is 34.1 Å². The number of nitrogens with zero attached hydrogens (tertiary/aromatic N) is 3. The van der Waals surface area contributed by atoms with Crippen molar-refractivity contribution in [1.29, 1.82) is 0 Å². The molecule has 1 N–H and O–H groups in total. The minimum absolute atomic E-state index is 0.207. The number of hydrogen-bond donors (Lipinski definition) is 1. The third-order valence-corrected chi connectivity index (χ3v) is 3.43. The molecule has 0 spiro atoms. The zero-order valence-electron chi connectivity index (χ0n) is 14.0. The Balaban J connectivity index is 1.75. The number of aryl methyl sites for hydroxylation is 1. The number of ether oxygens (including phenoxy) is 2. The van der Waals surface area contributed by atoms with Crippen LogP contribution in [0.5, 0.6) is 5.88 Å². The first-order valence-electron chi connectivity index (χ1n) is 7.89. The van der Waals surface area contributed by atoms with Crippen LogP contribution in [0.25, 0.3) is 10.8 Å². The lowest BCUT2D eigenvalue weighted by Crippen LogP contribution is -2.16. The number of carbonyl (C=O) groups excluding carboxylic acids is 1. The summed E-state index contributed by atoms with van der Waals surface area (Å²) in [4.78, 5) is 24.3. The molecule has 0 atom stereocenters. The molecule has 3 rings (SSSR count). The van der Waals surface area contributed by atoms with Gasteiger partial charge in [0.2, 0.25) is 5.88 Å². The molecule has 0 aliphatic rings. The fourth-order valence-electron chi connectivity index (χ4n) is 2.24. The molecule has 2 aromatic heterocycles. The van der Waals surface area contributed by atoms with Gasteiger partial charge in [-0.3, -0.25) is 4.98 Å². The summed E-state index contributed by atoms with van der Waals surface area (Å²) in [6.45, 7) is 3.60. The number of esters is 1. The first-order valence-corrected chi connectivity index (χ1v) is 7.89. The SMILES string of the molecule is CCOC(=O)COc1nc(Nc2cc3ccccc3cn2)cnc1C. The molecular formula is C18H18N4O3. The van der Waals surface area contributed by atoms with Crippen LogP contribution in [0, 0.1) is 6.92 Å². The Kier molecular flexibility index (Phi) is 5.03. The highest BCUT2D eigenvalue weighted by Gasteiger charge is 2.09. The van der Waals surface area contributed by atoms with Crippen molar-refractivity contribution in [2.45, 2.75) is 13.8 Å². The largest absolute Gasteiger partial charge is 0.464 e. The van der Waals surface area contributed by atoms with Crippen LogP contribution in [-0.2, 0) is 9.53 Å². The summed E-state index contributed by atoms with van der Waals surface area (Å²) in [7, 11) is 0. The smallest absolute Gasteiger partial charge is 0.344 e. The van der Waals surface area contributed by atoms with Crippen molar-refractivity contribution >= 4 is 28.4 Å². The highest BCUT2D eigenvalue weighted by atomic mass is 16.6. The molecule has 0 radical (unpaired) electrons. The second-order valence-electron chi connectivity index (χ2n) is 5.28. The van der Waals surface area contributed by atoms with Crippen molar-refractivity contribution in [3.8, 4) is 5.88 Å². The van der Waals surface area contributed by atoms with E-state index in [1.165, 1.54) is 0 Å². The number of benzene rings is 1. The predicted molar refractivity (Wildman–Crippen MR) is 93.9 cm³/mol. The molecule has 0 aliphatic carbocycles. The zero-order valence-corrected chi connectivity index (χ0v) is 14.0. The molecule has 0 saturated heterocycles. The average molecular weight is 338 g/mol. The molecule has 0 aliphatic heterocycles. The Morgan fingerprint density at radius 2 is 1.92 bits per heavy atom. The number of rotatable bonds is 6. The molecule has 0 amide bonds. The fraction of sp³-hybridized carbons (Fsp3) is 0.222. The topological polar surface area (TPSA) is 86.2 Å². The van der Waals surface area contributed by atoms with Crippen molar-refractivity contribution < 1.29 is 14.3 Å². The van der Waals surface area contributed by atoms with Gasteiger partial charge in [0, 0.05) is 11.6 Å². The monoisotopic (exact) mass is 338 g/mol. The third-order valence-electron chi connectivity index (χ3n) is 3.43. The second-order valence-corrected chi connectivity index (χ2v) is 5.28. The first kappa shape index (κ1) is 16.6. The summed E-state index contributed by atoms with van der Waals surface area (Å²) in [5.41, 5.74) is 0.585. The van der Waals surface area contributed by atoms with Gasteiger partial charge < -0.3 is 14.8 Å². The summed E-state index contributed by atoms with van der Waals surface area (Å²) in [5.74, 6) is 0.956. The van der Waals surface area contributed by atoms with E-state index in [4.69, 9.17) is 9.47 Å². The van der Waals surface area contributed by atoms with E-state index in [9.17, 15) is 4.79 Å². The summed E-state index contributed by atoms with van der Waals surface area (Å²) in [6.07, 6.45) is 3.38. The van der Waals surface area contributed by atoms with Crippen molar-refractivity contribution in [1.82, 2.24) is 15.0 Å². The summed E-state index contributed by atoms with van der Waals surface area (Å²) in [6, 6.07) is 9.88. The van der Waals surface area contributed by atoms with Gasteiger partial charge in [-0.05, 0) is 25.3 Å². The van der Waals surface area contributed by atoms with Crippen molar-refractivity contribution in [3.05, 3.63) is 48.4 Å². The molecule has 7 heteroatoms. The maximum Gasteiger partial charge on any atom is 0.344 e. The molecule has 0 bridgehead atoms. The van der Waals surface area contributed by atoms with Gasteiger partial charge in [0.1, 0.15) is 5.82 Å². The van der Waals surface area contributed by atoms with Gasteiger partial charge >= 0.3 is 5.97 Å². The van der Waals surface area contributed by atoms with Gasteiger partial charge in [-0.2, -0.15) is 4.98 Å². The van der Waals surface area contributed by atoms with Crippen LogP contribution >= 0.6 is 0 Å². The standard InChI is InChI=1S/C18H18N4O3/c1-3-24-17(23)11-25-18-12(2)19-10-16(22-18)21-15-8-13-6-4-5-7-14(13)9-20-15/h4-10H,3,11H2,1-2H3,(H,20,21,22). The summed E-state index contributed by atoms with van der Waals surface area (Å²) >= 11 is 0. The lowest BCUT2D eigenvalue weighted by Gasteiger charge is -2.10. The number of hydrogen-bond acceptors (Lipinski definition) is 7. The molecule has 25 heavy (non-hydrogen) atoms. The van der Waals surface area contributed by atoms with Gasteiger partial charge in [0.05, 0.1) is 18.5 Å². The van der Waals surface area contributed by atoms with Crippen LogP contribution < -0.4 is 10.1 Å². The number of aromatic nitrogens is 3. The maximum absolute atomic E-state index is 11.4. The van der Waals surface area contributed by atoms with Crippen LogP contribution in [0.2, 0.25) is 0 Å². The molecule has 7 nitrogen and oxygen atoms in total. The van der Waals surface area contributed by atoms with Gasteiger partial charge in [-0.25, -0.2) is 9.78 Å². The van der Waals surface area contributed by atoms with Crippen LogP contribution in [0.4, 0.5) is 11.6 Å². The minimum atomic E-state index is -0.446. The zero-order chi connectivity index (χ0) is 17.6. The Labute approximate surface area is 145 Å². The lowest BCUT2D eigenvalue weighted by molar-refractivity contribution is -0.145. The van der Waals surface area contributed by atoms with Crippen LogP contribution in [0.15, 0.2) is 42.7 Å². The van der Waals surface area contributed by atoms with E-state index in [0.717, 1.165) is 10.8 Å². The first-order chi connectivity index (χ1) is 12.2. The molecule has 0 fully saturated rings. The highest BCUT2D eigenvalue weighted by Crippen LogP contribution is 2.21. The van der Waals surface area contributed by atoms with E-state index >= 15 is 0 Å². The second kappa shape index (κ2) is 7.57. The van der Waals surface area contributed by atoms with Gasteiger partial charge in [-0.15, -0.1) is 0 Å². The number of nitrogens with one attached hydrogen (secondary N) is 1. The van der Waals surface area contributed by atoms with Crippen molar-refractivity contribution in [2.24, 2.45) is 0 Å². The molecule has 2 heterocycles. The highest BCUT2D eigenvalue weighted by molar-refractivity contribution is 5.84. The fourth-order valence-corrected chi connectivity index (χ4v) is 2.24. The Bertz CT molecular complexity index is 898. The molecule has 3 aromatic rings. The van der Waals surface area contributed by atoms with Gasteiger partial charge in [0.15, 0.2) is 12.4 Å². The molecule has 128 valence electrons. The van der Waals surface area contributed by atoms with E-state index in [-0.39, 0.29) is 12.5 Å². The predicted octanol–water partition coefficient (Wildman–Crippen LogP) is 3.02. The van der Waals surface area contributed by atoms with E-state index in [1.54, 1.807) is 26.2 Å². The van der Waals surface area contributed by atoms with E-state index in [2.05, 4.69) is 20.3 Å². The average Bonchev–Trinajstić information content (AvgIpc) is 2.62. The Morgan fingerprint density at radius 1 is 1.12 bits per heavy atom. The van der Waals surface area contributed by atoms with Crippen LogP contribution in [0.1, 0.15) is 12.6 Å². The van der Waals surface area contributed by atoms with Crippen LogP contribution in [0.3, 0.4) is 0 Å². The molecule has 1 aromatic carbocycles. The Morgan fingerprint density at radius 3 is 2.72 bits per heavy atom. The third kappa shape index (κ3) is 4.20. The lowest BCUT2D eigenvalue weighted by atomic mass is 10.2. The molecule has 0 saturated carbocycles. The normalized spacial score (nSPS) is 10.5. The number of carbonyl (C=O) groups is 1. The van der Waals surface area contributed by atoms with E-state index in [0.29, 0.717) is 23.9 Å². The summed E-state index contributed by atoms with van der Waals surface area (Å²) < 4.78 is 10.2. The van der Waals surface area contributed by atoms with Crippen molar-refractivity contribution in [3.63, 3.8) is 0 Å². The maximum atomic E-state index is 11.4.